The van der Waals surface area contributed by atoms with Gasteiger partial charge in [0.05, 0.1) is 18.1 Å². The Hall–Kier alpha value is -0.130. The van der Waals surface area contributed by atoms with Gasteiger partial charge in [-0.15, -0.1) is 0 Å². The fourth-order valence-corrected chi connectivity index (χ4v) is 2.38. The SMILES string of the molecule is CCCCS(=O)(=O)CCNCCOC. The molecule has 0 aromatic rings. The molecule has 86 valence electrons. The van der Waals surface area contributed by atoms with Crippen LogP contribution in [0.25, 0.3) is 0 Å². The summed E-state index contributed by atoms with van der Waals surface area (Å²) in [5.41, 5.74) is 0. The number of methoxy groups -OCH3 is 1. The topological polar surface area (TPSA) is 55.4 Å². The first-order valence-electron chi connectivity index (χ1n) is 5.02. The summed E-state index contributed by atoms with van der Waals surface area (Å²) in [7, 11) is -1.21. The van der Waals surface area contributed by atoms with E-state index in [4.69, 9.17) is 4.74 Å². The molecule has 0 saturated heterocycles. The average molecular weight is 223 g/mol. The van der Waals surface area contributed by atoms with Crippen molar-refractivity contribution in [2.75, 3.05) is 38.3 Å². The molecule has 0 amide bonds. The molecule has 1 N–H and O–H groups in total. The first-order chi connectivity index (χ1) is 6.62. The zero-order valence-electron chi connectivity index (χ0n) is 9.08. The minimum atomic E-state index is -2.83. The third-order valence-corrected chi connectivity index (χ3v) is 3.62. The molecule has 4 nitrogen and oxygen atoms in total. The van der Waals surface area contributed by atoms with Gasteiger partial charge in [-0.3, -0.25) is 0 Å². The lowest BCUT2D eigenvalue weighted by molar-refractivity contribution is 0.200. The number of hydrogen-bond acceptors (Lipinski definition) is 4. The van der Waals surface area contributed by atoms with E-state index in [1.54, 1.807) is 7.11 Å². The summed E-state index contributed by atoms with van der Waals surface area (Å²) >= 11 is 0. The zero-order valence-corrected chi connectivity index (χ0v) is 9.90. The molecule has 0 aromatic carbocycles. The van der Waals surface area contributed by atoms with E-state index < -0.39 is 9.84 Å². The molecule has 0 fully saturated rings. The van der Waals surface area contributed by atoms with Crippen molar-refractivity contribution in [2.45, 2.75) is 19.8 Å². The summed E-state index contributed by atoms with van der Waals surface area (Å²) in [4.78, 5) is 0. The highest BCUT2D eigenvalue weighted by molar-refractivity contribution is 7.91. The minimum absolute atomic E-state index is 0.233. The molecule has 0 rings (SSSR count). The Morgan fingerprint density at radius 2 is 1.93 bits per heavy atom. The number of sulfone groups is 1. The van der Waals surface area contributed by atoms with Gasteiger partial charge < -0.3 is 10.1 Å². The van der Waals surface area contributed by atoms with Gasteiger partial charge in [-0.1, -0.05) is 13.3 Å². The summed E-state index contributed by atoms with van der Waals surface area (Å²) in [5, 5.41) is 3.01. The third kappa shape index (κ3) is 8.47. The Labute approximate surface area is 86.9 Å². The first kappa shape index (κ1) is 13.9. The summed E-state index contributed by atoms with van der Waals surface area (Å²) in [5.74, 6) is 0.548. The molecular weight excluding hydrogens is 202 g/mol. The van der Waals surface area contributed by atoms with Gasteiger partial charge in [0.15, 0.2) is 9.84 Å². The molecule has 0 aliphatic carbocycles. The van der Waals surface area contributed by atoms with E-state index in [1.165, 1.54) is 0 Å². The Morgan fingerprint density at radius 1 is 1.21 bits per heavy atom. The summed E-state index contributed by atoms with van der Waals surface area (Å²) in [6.45, 7) is 3.84. The normalized spacial score (nSPS) is 11.9. The van der Waals surface area contributed by atoms with Crippen LogP contribution in [0.2, 0.25) is 0 Å². The Balaban J connectivity index is 3.46. The average Bonchev–Trinajstić information content (AvgIpc) is 2.15. The van der Waals surface area contributed by atoms with Crippen molar-refractivity contribution >= 4 is 9.84 Å². The lowest BCUT2D eigenvalue weighted by Gasteiger charge is -2.04. The van der Waals surface area contributed by atoms with Crippen molar-refractivity contribution in [2.24, 2.45) is 0 Å². The summed E-state index contributed by atoms with van der Waals surface area (Å²) < 4.78 is 27.5. The Kier molecular flexibility index (Phi) is 8.12. The molecule has 0 radical (unpaired) electrons. The molecule has 0 heterocycles. The molecule has 0 unspecified atom stereocenters. The van der Waals surface area contributed by atoms with Crippen molar-refractivity contribution in [3.63, 3.8) is 0 Å². The molecule has 0 spiro atoms. The second kappa shape index (κ2) is 8.20. The lowest BCUT2D eigenvalue weighted by atomic mass is 10.4. The lowest BCUT2D eigenvalue weighted by Crippen LogP contribution is -2.27. The van der Waals surface area contributed by atoms with Crippen molar-refractivity contribution < 1.29 is 13.2 Å². The third-order valence-electron chi connectivity index (χ3n) is 1.88. The van der Waals surface area contributed by atoms with Gasteiger partial charge in [0.2, 0.25) is 0 Å². The van der Waals surface area contributed by atoms with Crippen molar-refractivity contribution in [3.05, 3.63) is 0 Å². The van der Waals surface area contributed by atoms with Crippen LogP contribution in [0.15, 0.2) is 0 Å². The van der Waals surface area contributed by atoms with Crippen LogP contribution in [0.5, 0.6) is 0 Å². The van der Waals surface area contributed by atoms with Crippen LogP contribution in [0, 0.1) is 0 Å². The number of nitrogens with one attached hydrogen (secondary N) is 1. The maximum absolute atomic E-state index is 11.4. The van der Waals surface area contributed by atoms with Crippen LogP contribution in [0.1, 0.15) is 19.8 Å². The fraction of sp³-hybridized carbons (Fsp3) is 1.00. The van der Waals surface area contributed by atoms with Crippen LogP contribution in [-0.2, 0) is 14.6 Å². The molecule has 0 atom stereocenters. The molecular formula is C9H21NO3S. The number of ether oxygens (including phenoxy) is 1. The highest BCUT2D eigenvalue weighted by Gasteiger charge is 2.08. The van der Waals surface area contributed by atoms with Crippen LogP contribution >= 0.6 is 0 Å². The van der Waals surface area contributed by atoms with Gasteiger partial charge in [0.25, 0.3) is 0 Å². The smallest absolute Gasteiger partial charge is 0.151 e. The van der Waals surface area contributed by atoms with E-state index in [0.29, 0.717) is 25.4 Å². The quantitative estimate of drug-likeness (QED) is 0.576. The standard InChI is InChI=1S/C9H21NO3S/c1-3-4-8-14(11,12)9-6-10-5-7-13-2/h10H,3-9H2,1-2H3. The maximum Gasteiger partial charge on any atom is 0.151 e. The molecule has 5 heteroatoms. The van der Waals surface area contributed by atoms with Crippen molar-refractivity contribution in [3.8, 4) is 0 Å². The highest BCUT2D eigenvalue weighted by Crippen LogP contribution is 1.95. The molecule has 0 saturated carbocycles. The molecule has 0 aromatic heterocycles. The van der Waals surface area contributed by atoms with Crippen molar-refractivity contribution in [1.82, 2.24) is 5.32 Å². The predicted molar refractivity (Wildman–Crippen MR) is 58.3 cm³/mol. The molecule has 0 bridgehead atoms. The second-order valence-corrected chi connectivity index (χ2v) is 5.55. The highest BCUT2D eigenvalue weighted by atomic mass is 32.2. The van der Waals surface area contributed by atoms with E-state index in [1.807, 2.05) is 6.92 Å². The van der Waals surface area contributed by atoms with Gasteiger partial charge in [-0.25, -0.2) is 8.42 Å². The Bertz CT molecular complexity index is 214. The number of rotatable bonds is 9. The van der Waals surface area contributed by atoms with Crippen LogP contribution in [0.4, 0.5) is 0 Å². The monoisotopic (exact) mass is 223 g/mol. The van der Waals surface area contributed by atoms with Crippen LogP contribution in [-0.4, -0.2) is 46.7 Å². The van der Waals surface area contributed by atoms with Gasteiger partial charge >= 0.3 is 0 Å². The van der Waals surface area contributed by atoms with E-state index >= 15 is 0 Å². The van der Waals surface area contributed by atoms with Gasteiger partial charge in [-0.05, 0) is 6.42 Å². The van der Waals surface area contributed by atoms with E-state index in [-0.39, 0.29) is 5.75 Å². The van der Waals surface area contributed by atoms with Crippen LogP contribution < -0.4 is 5.32 Å². The van der Waals surface area contributed by atoms with Crippen molar-refractivity contribution in [1.29, 1.82) is 0 Å². The van der Waals surface area contributed by atoms with E-state index in [0.717, 1.165) is 12.8 Å². The minimum Gasteiger partial charge on any atom is -0.383 e. The zero-order chi connectivity index (χ0) is 10.9. The molecule has 0 aliphatic rings. The molecule has 0 aliphatic heterocycles. The number of unbranched alkanes of at least 4 members (excludes halogenated alkanes) is 1. The summed E-state index contributed by atoms with van der Waals surface area (Å²) in [6.07, 6.45) is 1.69. The van der Waals surface area contributed by atoms with Gasteiger partial charge in [0.1, 0.15) is 0 Å². The Morgan fingerprint density at radius 3 is 2.50 bits per heavy atom. The largest absolute Gasteiger partial charge is 0.383 e. The maximum atomic E-state index is 11.4. The summed E-state index contributed by atoms with van der Waals surface area (Å²) in [6, 6.07) is 0. The fourth-order valence-electron chi connectivity index (χ4n) is 0.993. The first-order valence-corrected chi connectivity index (χ1v) is 6.84. The molecule has 14 heavy (non-hydrogen) atoms. The predicted octanol–water partition coefficient (Wildman–Crippen LogP) is 0.437. The van der Waals surface area contributed by atoms with Gasteiger partial charge in [-0.2, -0.15) is 0 Å². The van der Waals surface area contributed by atoms with Crippen LogP contribution in [0.3, 0.4) is 0 Å². The second-order valence-electron chi connectivity index (χ2n) is 3.25. The van der Waals surface area contributed by atoms with Gasteiger partial charge in [0, 0.05) is 20.2 Å². The number of hydrogen-bond donors (Lipinski definition) is 1. The van der Waals surface area contributed by atoms with E-state index in [9.17, 15) is 8.42 Å². The van der Waals surface area contributed by atoms with E-state index in [2.05, 4.69) is 5.32 Å².